The van der Waals surface area contributed by atoms with E-state index in [1.165, 1.54) is 6.07 Å². The lowest BCUT2D eigenvalue weighted by Gasteiger charge is -2.13. The van der Waals surface area contributed by atoms with Gasteiger partial charge in [-0.2, -0.15) is 13.2 Å². The van der Waals surface area contributed by atoms with Crippen LogP contribution in [0.15, 0.2) is 23.4 Å². The minimum Gasteiger partial charge on any atom is -0.325 e. The molecule has 5 nitrogen and oxygen atoms in total. The number of nitrogens with one attached hydrogen (secondary N) is 2. The van der Waals surface area contributed by atoms with E-state index in [1.54, 1.807) is 6.92 Å². The van der Waals surface area contributed by atoms with Crippen molar-refractivity contribution in [1.29, 1.82) is 0 Å². The van der Waals surface area contributed by atoms with Crippen molar-refractivity contribution >= 4 is 35.0 Å². The molecule has 2 rings (SSSR count). The van der Waals surface area contributed by atoms with E-state index in [1.807, 2.05) is 13.8 Å². The number of anilines is 1. The number of hydrogen-bond acceptors (Lipinski definition) is 4. The topological polar surface area (TPSA) is 70.7 Å². The number of halogens is 4. The van der Waals surface area contributed by atoms with Gasteiger partial charge in [-0.3, -0.25) is 9.89 Å². The standard InChI is InChI=1S/C15H16ClF3N4OS/c1-7(2)12-21-14(23-22-12)25-8(3)13(24)20-9-4-5-11(16)10(6-9)15(17,18)19/h4-8H,1-3H3,(H,20,24)(H,21,22,23). The van der Waals surface area contributed by atoms with Gasteiger partial charge in [0.2, 0.25) is 11.1 Å². The number of rotatable bonds is 5. The van der Waals surface area contributed by atoms with Gasteiger partial charge in [0.1, 0.15) is 5.82 Å². The molecule has 0 radical (unpaired) electrons. The smallest absolute Gasteiger partial charge is 0.325 e. The molecule has 1 atom stereocenters. The van der Waals surface area contributed by atoms with Crippen molar-refractivity contribution in [2.45, 2.75) is 43.3 Å². The third-order valence-electron chi connectivity index (χ3n) is 3.22. The molecule has 2 aromatic rings. The summed E-state index contributed by atoms with van der Waals surface area (Å²) in [6.45, 7) is 5.51. The SMILES string of the molecule is CC(Sc1n[nH]c(C(C)C)n1)C(=O)Nc1ccc(Cl)c(C(F)(F)F)c1. The summed E-state index contributed by atoms with van der Waals surface area (Å²) in [5.41, 5.74) is -0.977. The van der Waals surface area contributed by atoms with E-state index < -0.39 is 27.9 Å². The molecule has 1 unspecified atom stereocenters. The lowest BCUT2D eigenvalue weighted by atomic mass is 10.2. The van der Waals surface area contributed by atoms with Crippen molar-refractivity contribution in [2.75, 3.05) is 5.32 Å². The number of amides is 1. The van der Waals surface area contributed by atoms with Crippen molar-refractivity contribution in [2.24, 2.45) is 0 Å². The Bertz CT molecular complexity index is 763. The average molecular weight is 393 g/mol. The van der Waals surface area contributed by atoms with E-state index in [2.05, 4.69) is 20.5 Å². The molecular weight excluding hydrogens is 377 g/mol. The summed E-state index contributed by atoms with van der Waals surface area (Å²) in [6, 6.07) is 3.22. The van der Waals surface area contributed by atoms with E-state index in [0.717, 1.165) is 23.9 Å². The van der Waals surface area contributed by atoms with Gasteiger partial charge in [0.15, 0.2) is 0 Å². The van der Waals surface area contributed by atoms with Crippen LogP contribution < -0.4 is 5.32 Å². The maximum absolute atomic E-state index is 12.9. The Morgan fingerprint density at radius 1 is 1.32 bits per heavy atom. The Morgan fingerprint density at radius 3 is 2.56 bits per heavy atom. The molecule has 136 valence electrons. The Morgan fingerprint density at radius 2 is 2.00 bits per heavy atom. The number of thioether (sulfide) groups is 1. The maximum Gasteiger partial charge on any atom is 0.417 e. The molecule has 1 amide bonds. The first-order valence-electron chi connectivity index (χ1n) is 7.34. The minimum atomic E-state index is -4.59. The third kappa shape index (κ3) is 5.12. The monoisotopic (exact) mass is 392 g/mol. The number of carbonyl (C=O) groups is 1. The molecule has 2 N–H and O–H groups in total. The number of aromatic nitrogens is 3. The molecule has 0 fully saturated rings. The molecule has 0 aliphatic rings. The van der Waals surface area contributed by atoms with E-state index in [0.29, 0.717) is 11.0 Å². The number of aromatic amines is 1. The summed E-state index contributed by atoms with van der Waals surface area (Å²) >= 11 is 6.67. The second-order valence-electron chi connectivity index (χ2n) is 5.60. The van der Waals surface area contributed by atoms with Crippen LogP contribution in [0.25, 0.3) is 0 Å². The van der Waals surface area contributed by atoms with Crippen LogP contribution in [-0.2, 0) is 11.0 Å². The molecule has 0 aliphatic carbocycles. The van der Waals surface area contributed by atoms with Crippen molar-refractivity contribution < 1.29 is 18.0 Å². The molecule has 0 saturated heterocycles. The highest BCUT2D eigenvalue weighted by atomic mass is 35.5. The second-order valence-corrected chi connectivity index (χ2v) is 7.31. The molecule has 10 heteroatoms. The fraction of sp³-hybridized carbons (Fsp3) is 0.400. The Kier molecular flexibility index (Phi) is 5.99. The summed E-state index contributed by atoms with van der Waals surface area (Å²) in [7, 11) is 0. The fourth-order valence-corrected chi connectivity index (χ4v) is 2.80. The summed E-state index contributed by atoms with van der Waals surface area (Å²) in [4.78, 5) is 16.4. The third-order valence-corrected chi connectivity index (χ3v) is 4.51. The van der Waals surface area contributed by atoms with E-state index in [-0.39, 0.29) is 11.6 Å². The zero-order valence-corrected chi connectivity index (χ0v) is 15.2. The molecule has 25 heavy (non-hydrogen) atoms. The second kappa shape index (κ2) is 7.65. The molecule has 0 saturated carbocycles. The summed E-state index contributed by atoms with van der Waals surface area (Å²) < 4.78 is 38.6. The van der Waals surface area contributed by atoms with Crippen LogP contribution >= 0.6 is 23.4 Å². The number of carbonyl (C=O) groups excluding carboxylic acids is 1. The summed E-state index contributed by atoms with van der Waals surface area (Å²) in [5, 5.41) is 8.61. The van der Waals surface area contributed by atoms with Crippen molar-refractivity contribution in [1.82, 2.24) is 15.2 Å². The fourth-order valence-electron chi connectivity index (χ4n) is 1.84. The van der Waals surface area contributed by atoms with Crippen molar-refractivity contribution in [3.8, 4) is 0 Å². The predicted molar refractivity (Wildman–Crippen MR) is 90.9 cm³/mol. The highest BCUT2D eigenvalue weighted by Gasteiger charge is 2.33. The van der Waals surface area contributed by atoms with Crippen LogP contribution in [0, 0.1) is 0 Å². The van der Waals surface area contributed by atoms with Gasteiger partial charge in [0, 0.05) is 11.6 Å². The van der Waals surface area contributed by atoms with E-state index in [9.17, 15) is 18.0 Å². The first-order chi connectivity index (χ1) is 11.6. The van der Waals surface area contributed by atoms with Crippen LogP contribution in [-0.4, -0.2) is 26.3 Å². The quantitative estimate of drug-likeness (QED) is 0.722. The van der Waals surface area contributed by atoms with Crippen LogP contribution in [0.1, 0.15) is 38.1 Å². The Hall–Kier alpha value is -1.74. The van der Waals surface area contributed by atoms with Gasteiger partial charge in [-0.05, 0) is 25.1 Å². The summed E-state index contributed by atoms with van der Waals surface area (Å²) in [6.07, 6.45) is -4.59. The molecule has 1 aromatic carbocycles. The van der Waals surface area contributed by atoms with Crippen LogP contribution in [0.3, 0.4) is 0 Å². The van der Waals surface area contributed by atoms with Crippen LogP contribution in [0.4, 0.5) is 18.9 Å². The Balaban J connectivity index is 2.05. The van der Waals surface area contributed by atoms with Gasteiger partial charge in [-0.15, -0.1) is 5.10 Å². The highest BCUT2D eigenvalue weighted by Crippen LogP contribution is 2.36. The number of alkyl halides is 3. The lowest BCUT2D eigenvalue weighted by Crippen LogP contribution is -2.22. The number of nitrogens with zero attached hydrogens (tertiary/aromatic N) is 2. The van der Waals surface area contributed by atoms with E-state index in [4.69, 9.17) is 11.6 Å². The van der Waals surface area contributed by atoms with Crippen LogP contribution in [0.2, 0.25) is 5.02 Å². The normalized spacial score (nSPS) is 13.1. The maximum atomic E-state index is 12.9. The largest absolute Gasteiger partial charge is 0.417 e. The van der Waals surface area contributed by atoms with Gasteiger partial charge in [-0.25, -0.2) is 4.98 Å². The predicted octanol–water partition coefficient (Wildman–Crippen LogP) is 4.72. The van der Waals surface area contributed by atoms with Gasteiger partial charge >= 0.3 is 6.18 Å². The Labute approximate surface area is 151 Å². The number of benzene rings is 1. The van der Waals surface area contributed by atoms with E-state index >= 15 is 0 Å². The van der Waals surface area contributed by atoms with Gasteiger partial charge in [-0.1, -0.05) is 37.2 Å². The summed E-state index contributed by atoms with van der Waals surface area (Å²) in [5.74, 6) is 0.403. The number of hydrogen-bond donors (Lipinski definition) is 2. The zero-order valence-electron chi connectivity index (χ0n) is 13.6. The zero-order chi connectivity index (χ0) is 18.8. The first kappa shape index (κ1) is 19.6. The first-order valence-corrected chi connectivity index (χ1v) is 8.60. The van der Waals surface area contributed by atoms with Crippen molar-refractivity contribution in [3.05, 3.63) is 34.6 Å². The molecular formula is C15H16ClF3N4OS. The molecule has 0 bridgehead atoms. The van der Waals surface area contributed by atoms with Gasteiger partial charge in [0.25, 0.3) is 0 Å². The highest BCUT2D eigenvalue weighted by molar-refractivity contribution is 8.00. The van der Waals surface area contributed by atoms with Crippen molar-refractivity contribution in [3.63, 3.8) is 0 Å². The lowest BCUT2D eigenvalue weighted by molar-refractivity contribution is -0.137. The number of H-pyrrole nitrogens is 1. The molecule has 1 aromatic heterocycles. The minimum absolute atomic E-state index is 0.0204. The van der Waals surface area contributed by atoms with Gasteiger partial charge < -0.3 is 5.32 Å². The molecule has 0 aliphatic heterocycles. The molecule has 0 spiro atoms. The van der Waals surface area contributed by atoms with Gasteiger partial charge in [0.05, 0.1) is 15.8 Å². The van der Waals surface area contributed by atoms with Crippen LogP contribution in [0.5, 0.6) is 0 Å². The molecule has 1 heterocycles. The average Bonchev–Trinajstić information content (AvgIpc) is 2.96.